The number of aromatic nitrogens is 1. The molecule has 1 fully saturated rings. The minimum Gasteiger partial charge on any atom is -0.356 e. The lowest BCUT2D eigenvalue weighted by molar-refractivity contribution is 0.0951. The molecular weight excluding hydrogens is 505 g/mol. The number of halogens is 3. The number of carbonyl (C=O) groups excluding carboxylic acids is 1. The zero-order chi connectivity index (χ0) is 23.5. The molecule has 1 N–H and O–H groups in total. The summed E-state index contributed by atoms with van der Waals surface area (Å²) in [7, 11) is 0. The van der Waals surface area contributed by atoms with Gasteiger partial charge in [0.25, 0.3) is 5.91 Å². The fraction of sp³-hybridized carbons (Fsp3) is 0.385. The maximum Gasteiger partial charge on any atom is 0.252 e. The van der Waals surface area contributed by atoms with Gasteiger partial charge in [-0.2, -0.15) is 0 Å². The number of carbonyl (C=O) groups is 1. The second kappa shape index (κ2) is 10.4. The van der Waals surface area contributed by atoms with E-state index in [-0.39, 0.29) is 17.6 Å². The number of amides is 1. The molecule has 0 saturated carbocycles. The van der Waals surface area contributed by atoms with Crippen LogP contribution in [0.2, 0.25) is 5.02 Å². The van der Waals surface area contributed by atoms with Gasteiger partial charge in [0, 0.05) is 51.6 Å². The van der Waals surface area contributed by atoms with Crippen LogP contribution in [0.1, 0.15) is 60.0 Å². The predicted molar refractivity (Wildman–Crippen MR) is 137 cm³/mol. The Kier molecular flexibility index (Phi) is 7.55. The van der Waals surface area contributed by atoms with E-state index in [9.17, 15) is 9.18 Å². The highest BCUT2D eigenvalue weighted by Crippen LogP contribution is 2.33. The van der Waals surface area contributed by atoms with Crippen molar-refractivity contribution < 1.29 is 9.18 Å². The summed E-state index contributed by atoms with van der Waals surface area (Å²) in [5.74, 6) is 0.135. The minimum atomic E-state index is -0.342. The summed E-state index contributed by atoms with van der Waals surface area (Å²) in [6.07, 6.45) is 4.13. The van der Waals surface area contributed by atoms with Crippen molar-refractivity contribution in [1.29, 1.82) is 0 Å². The van der Waals surface area contributed by atoms with Gasteiger partial charge >= 0.3 is 0 Å². The molecule has 2 aromatic carbocycles. The van der Waals surface area contributed by atoms with Gasteiger partial charge < -0.3 is 10.2 Å². The summed E-state index contributed by atoms with van der Waals surface area (Å²) in [5.41, 5.74) is 2.74. The zero-order valence-corrected chi connectivity index (χ0v) is 21.3. The van der Waals surface area contributed by atoms with Gasteiger partial charge in [-0.25, -0.2) is 9.37 Å². The Morgan fingerprint density at radius 2 is 2.00 bits per heavy atom. The first-order chi connectivity index (χ1) is 15.9. The molecule has 1 aliphatic heterocycles. The molecule has 2 heterocycles. The Morgan fingerprint density at radius 1 is 1.24 bits per heavy atom. The van der Waals surface area contributed by atoms with E-state index in [0.717, 1.165) is 52.7 Å². The fourth-order valence-electron chi connectivity index (χ4n) is 4.68. The molecule has 1 amide bonds. The van der Waals surface area contributed by atoms with Crippen LogP contribution in [0.15, 0.2) is 40.9 Å². The number of pyridine rings is 1. The van der Waals surface area contributed by atoms with Crippen LogP contribution in [-0.4, -0.2) is 30.5 Å². The molecule has 0 aliphatic carbocycles. The molecule has 1 unspecified atom stereocenters. The predicted octanol–water partition coefficient (Wildman–Crippen LogP) is 7.01. The van der Waals surface area contributed by atoms with E-state index in [1.807, 2.05) is 32.0 Å². The van der Waals surface area contributed by atoms with E-state index in [4.69, 9.17) is 16.6 Å². The first kappa shape index (κ1) is 24.0. The molecule has 1 aliphatic rings. The van der Waals surface area contributed by atoms with E-state index < -0.39 is 0 Å². The monoisotopic (exact) mass is 531 g/mol. The zero-order valence-electron chi connectivity index (χ0n) is 18.9. The largest absolute Gasteiger partial charge is 0.356 e. The van der Waals surface area contributed by atoms with Crippen molar-refractivity contribution in [2.45, 2.75) is 45.4 Å². The van der Waals surface area contributed by atoms with Crippen LogP contribution in [0, 0.1) is 12.7 Å². The van der Waals surface area contributed by atoms with Crippen LogP contribution >= 0.6 is 27.5 Å². The molecule has 174 valence electrons. The Balaban J connectivity index is 1.69. The molecular formula is C26H28BrClFN3O. The first-order valence-corrected chi connectivity index (χ1v) is 12.6. The van der Waals surface area contributed by atoms with Gasteiger partial charge in [0.2, 0.25) is 0 Å². The Labute approximate surface area is 207 Å². The van der Waals surface area contributed by atoms with Crippen LogP contribution in [0.25, 0.3) is 10.9 Å². The molecule has 4 rings (SSSR count). The van der Waals surface area contributed by atoms with Gasteiger partial charge in [0.05, 0.1) is 11.1 Å². The van der Waals surface area contributed by atoms with Crippen LogP contribution < -0.4 is 10.2 Å². The van der Waals surface area contributed by atoms with Crippen LogP contribution in [0.3, 0.4) is 0 Å². The molecule has 0 spiro atoms. The van der Waals surface area contributed by atoms with Crippen molar-refractivity contribution in [3.05, 3.63) is 68.4 Å². The van der Waals surface area contributed by atoms with Crippen LogP contribution in [-0.2, 0) is 0 Å². The smallest absolute Gasteiger partial charge is 0.252 e. The second-order valence-corrected chi connectivity index (χ2v) is 9.92. The number of benzene rings is 2. The number of hydrogen-bond donors (Lipinski definition) is 1. The van der Waals surface area contributed by atoms with Gasteiger partial charge in [-0.15, -0.1) is 0 Å². The van der Waals surface area contributed by atoms with E-state index in [1.54, 1.807) is 12.1 Å². The highest BCUT2D eigenvalue weighted by molar-refractivity contribution is 9.10. The standard InChI is InChI=1S/C26H28BrClFN3O/c1-3-17(24-20(28)8-7-9-21(24)29)15-30-26(33)23-16(2)25(32-12-5-4-6-13-32)31-22-11-10-18(27)14-19(22)23/h7-11,14,17H,3-6,12-13,15H2,1-2H3,(H,30,33). The third kappa shape index (κ3) is 5.02. The molecule has 33 heavy (non-hydrogen) atoms. The number of anilines is 1. The van der Waals surface area contributed by atoms with Crippen LogP contribution in [0.4, 0.5) is 10.2 Å². The van der Waals surface area contributed by atoms with E-state index >= 15 is 0 Å². The molecule has 0 radical (unpaired) electrons. The third-order valence-corrected chi connectivity index (χ3v) is 7.28. The third-order valence-electron chi connectivity index (χ3n) is 6.46. The number of hydrogen-bond acceptors (Lipinski definition) is 3. The summed E-state index contributed by atoms with van der Waals surface area (Å²) in [6.45, 7) is 6.13. The highest BCUT2D eigenvalue weighted by Gasteiger charge is 2.24. The number of piperidine rings is 1. The molecule has 0 bridgehead atoms. The van der Waals surface area contributed by atoms with Gasteiger partial charge in [0.1, 0.15) is 11.6 Å². The molecule has 1 atom stereocenters. The van der Waals surface area contributed by atoms with E-state index in [1.165, 1.54) is 12.5 Å². The number of nitrogens with zero attached hydrogens (tertiary/aromatic N) is 2. The van der Waals surface area contributed by atoms with Crippen LogP contribution in [0.5, 0.6) is 0 Å². The summed E-state index contributed by atoms with van der Waals surface area (Å²) < 4.78 is 15.4. The number of rotatable bonds is 6. The molecule has 3 aromatic rings. The lowest BCUT2D eigenvalue weighted by Crippen LogP contribution is -2.33. The van der Waals surface area contributed by atoms with Gasteiger partial charge in [-0.3, -0.25) is 4.79 Å². The Morgan fingerprint density at radius 3 is 2.70 bits per heavy atom. The maximum absolute atomic E-state index is 14.5. The molecule has 7 heteroatoms. The van der Waals surface area contributed by atoms with Crippen molar-refractivity contribution in [3.63, 3.8) is 0 Å². The van der Waals surface area contributed by atoms with Crippen molar-refractivity contribution in [2.24, 2.45) is 0 Å². The molecule has 4 nitrogen and oxygen atoms in total. The average Bonchev–Trinajstić information content (AvgIpc) is 2.81. The Hall–Kier alpha value is -2.18. The topological polar surface area (TPSA) is 45.2 Å². The SMILES string of the molecule is CCC(CNC(=O)c1c(C)c(N2CCCCC2)nc2ccc(Br)cc12)c1c(F)cccc1Cl. The van der Waals surface area contributed by atoms with Gasteiger partial charge in [0.15, 0.2) is 0 Å². The molecule has 1 aromatic heterocycles. The Bertz CT molecular complexity index is 1160. The molecule has 1 saturated heterocycles. The van der Waals surface area contributed by atoms with Crippen molar-refractivity contribution in [3.8, 4) is 0 Å². The first-order valence-electron chi connectivity index (χ1n) is 11.5. The van der Waals surface area contributed by atoms with Crippen molar-refractivity contribution >= 4 is 50.2 Å². The summed E-state index contributed by atoms with van der Waals surface area (Å²) in [4.78, 5) is 20.8. The quantitative estimate of drug-likeness (QED) is 0.371. The number of fused-ring (bicyclic) bond motifs is 1. The minimum absolute atomic E-state index is 0.179. The van der Waals surface area contributed by atoms with Gasteiger partial charge in [-0.05, 0) is 62.9 Å². The lowest BCUT2D eigenvalue weighted by Gasteiger charge is -2.30. The summed E-state index contributed by atoms with van der Waals surface area (Å²) in [5, 5.41) is 4.25. The van der Waals surface area contributed by atoms with Gasteiger partial charge in [-0.1, -0.05) is 40.5 Å². The van der Waals surface area contributed by atoms with Crippen molar-refractivity contribution in [1.82, 2.24) is 10.3 Å². The normalized spacial score (nSPS) is 15.0. The highest BCUT2D eigenvalue weighted by atomic mass is 79.9. The fourth-order valence-corrected chi connectivity index (χ4v) is 5.36. The van der Waals surface area contributed by atoms with Crippen molar-refractivity contribution in [2.75, 3.05) is 24.5 Å². The second-order valence-electron chi connectivity index (χ2n) is 8.60. The van der Waals surface area contributed by atoms with E-state index in [0.29, 0.717) is 29.1 Å². The maximum atomic E-state index is 14.5. The van der Waals surface area contributed by atoms with E-state index in [2.05, 4.69) is 26.1 Å². The summed E-state index contributed by atoms with van der Waals surface area (Å²) in [6, 6.07) is 10.5. The lowest BCUT2D eigenvalue weighted by atomic mass is 9.95. The number of nitrogens with one attached hydrogen (secondary N) is 1. The average molecular weight is 533 g/mol. The summed E-state index contributed by atoms with van der Waals surface area (Å²) >= 11 is 9.82.